The minimum absolute atomic E-state index is 0.180. The largest absolute Gasteiger partial charge is 0.465 e. The standard InChI is InChI=1S/C15H20N2O4/c1-4-8-19-15(17(3)5-2)16-14(18)11-6-7-12-13(9-11)21-10-20-12/h6-7,9H,4-5,8,10H2,1-3H3. The van der Waals surface area contributed by atoms with Crippen LogP contribution in [0.3, 0.4) is 0 Å². The van der Waals surface area contributed by atoms with Gasteiger partial charge in [-0.3, -0.25) is 4.79 Å². The number of hydrogen-bond acceptors (Lipinski definition) is 4. The van der Waals surface area contributed by atoms with Crippen molar-refractivity contribution in [3.8, 4) is 11.5 Å². The molecule has 114 valence electrons. The van der Waals surface area contributed by atoms with Crippen molar-refractivity contribution >= 4 is 11.9 Å². The molecule has 0 bridgehead atoms. The highest BCUT2D eigenvalue weighted by Crippen LogP contribution is 2.32. The van der Waals surface area contributed by atoms with Crippen LogP contribution in [0.5, 0.6) is 11.5 Å². The Hall–Kier alpha value is -2.24. The maximum atomic E-state index is 12.2. The van der Waals surface area contributed by atoms with E-state index in [0.29, 0.717) is 36.2 Å². The van der Waals surface area contributed by atoms with Gasteiger partial charge in [0.25, 0.3) is 11.9 Å². The monoisotopic (exact) mass is 292 g/mol. The van der Waals surface area contributed by atoms with Gasteiger partial charge in [-0.1, -0.05) is 6.92 Å². The molecule has 0 fully saturated rings. The molecular formula is C15H20N2O4. The molecule has 0 saturated heterocycles. The second kappa shape index (κ2) is 6.97. The number of fused-ring (bicyclic) bond motifs is 1. The minimum atomic E-state index is -0.361. The predicted octanol–water partition coefficient (Wildman–Crippen LogP) is 2.29. The highest BCUT2D eigenvalue weighted by atomic mass is 16.7. The average molecular weight is 292 g/mol. The number of rotatable bonds is 4. The SMILES string of the molecule is CCCOC(=NC(=O)c1ccc2c(c1)OCO2)N(C)CC. The van der Waals surface area contributed by atoms with Crippen LogP contribution in [0.2, 0.25) is 0 Å². The molecule has 0 N–H and O–H groups in total. The number of carbonyl (C=O) groups excluding carboxylic acids is 1. The second-order valence-corrected chi connectivity index (χ2v) is 4.63. The van der Waals surface area contributed by atoms with Gasteiger partial charge in [0.05, 0.1) is 6.61 Å². The fourth-order valence-corrected chi connectivity index (χ4v) is 1.74. The Bertz CT molecular complexity index is 542. The van der Waals surface area contributed by atoms with Crippen LogP contribution in [0.25, 0.3) is 0 Å². The van der Waals surface area contributed by atoms with Crippen LogP contribution in [-0.2, 0) is 4.74 Å². The molecule has 6 heteroatoms. The quantitative estimate of drug-likeness (QED) is 0.629. The van der Waals surface area contributed by atoms with Crippen molar-refractivity contribution in [2.45, 2.75) is 20.3 Å². The van der Waals surface area contributed by atoms with E-state index < -0.39 is 0 Å². The molecule has 0 unspecified atom stereocenters. The summed E-state index contributed by atoms with van der Waals surface area (Å²) in [6.45, 7) is 5.38. The molecule has 1 amide bonds. The lowest BCUT2D eigenvalue weighted by atomic mass is 10.2. The number of carbonyl (C=O) groups is 1. The molecular weight excluding hydrogens is 272 g/mol. The highest BCUT2D eigenvalue weighted by molar-refractivity contribution is 6.01. The first-order chi connectivity index (χ1) is 10.2. The number of aliphatic imine (C=N–C) groups is 1. The lowest BCUT2D eigenvalue weighted by molar-refractivity contribution is 0.0994. The number of ether oxygens (including phenoxy) is 3. The van der Waals surface area contributed by atoms with Gasteiger partial charge in [-0.25, -0.2) is 0 Å². The van der Waals surface area contributed by atoms with E-state index in [9.17, 15) is 4.79 Å². The van der Waals surface area contributed by atoms with Gasteiger partial charge in [-0.15, -0.1) is 0 Å². The summed E-state index contributed by atoms with van der Waals surface area (Å²) in [6, 6.07) is 5.35. The zero-order valence-electron chi connectivity index (χ0n) is 12.6. The van der Waals surface area contributed by atoms with Crippen molar-refractivity contribution in [3.05, 3.63) is 23.8 Å². The fourth-order valence-electron chi connectivity index (χ4n) is 1.74. The van der Waals surface area contributed by atoms with Crippen molar-refractivity contribution in [2.24, 2.45) is 4.99 Å². The summed E-state index contributed by atoms with van der Waals surface area (Å²) >= 11 is 0. The smallest absolute Gasteiger partial charge is 0.295 e. The number of nitrogens with zero attached hydrogens (tertiary/aromatic N) is 2. The molecule has 21 heavy (non-hydrogen) atoms. The second-order valence-electron chi connectivity index (χ2n) is 4.63. The zero-order chi connectivity index (χ0) is 15.2. The van der Waals surface area contributed by atoms with Gasteiger partial charge in [-0.05, 0) is 31.5 Å². The van der Waals surface area contributed by atoms with E-state index in [1.165, 1.54) is 0 Å². The van der Waals surface area contributed by atoms with Gasteiger partial charge in [0.1, 0.15) is 0 Å². The van der Waals surface area contributed by atoms with Gasteiger partial charge in [0.2, 0.25) is 6.79 Å². The van der Waals surface area contributed by atoms with Crippen LogP contribution in [-0.4, -0.2) is 43.8 Å². The predicted molar refractivity (Wildman–Crippen MR) is 78.9 cm³/mol. The molecule has 1 aliphatic heterocycles. The number of amides is 1. The van der Waals surface area contributed by atoms with Crippen LogP contribution < -0.4 is 9.47 Å². The normalized spacial score (nSPS) is 13.2. The molecule has 1 aliphatic rings. The molecule has 2 rings (SSSR count). The molecule has 0 aromatic heterocycles. The third-order valence-electron chi connectivity index (χ3n) is 3.05. The topological polar surface area (TPSA) is 60.4 Å². The van der Waals surface area contributed by atoms with Crippen LogP contribution >= 0.6 is 0 Å². The minimum Gasteiger partial charge on any atom is -0.465 e. The van der Waals surface area contributed by atoms with E-state index in [-0.39, 0.29) is 12.7 Å². The molecule has 1 aromatic carbocycles. The van der Waals surface area contributed by atoms with Gasteiger partial charge in [0, 0.05) is 19.2 Å². The lowest BCUT2D eigenvalue weighted by Gasteiger charge is -2.18. The van der Waals surface area contributed by atoms with Gasteiger partial charge in [-0.2, -0.15) is 4.99 Å². The summed E-state index contributed by atoms with van der Waals surface area (Å²) < 4.78 is 16.0. The molecule has 0 saturated carbocycles. The van der Waals surface area contributed by atoms with Crippen molar-refractivity contribution in [3.63, 3.8) is 0 Å². The maximum Gasteiger partial charge on any atom is 0.295 e. The summed E-state index contributed by atoms with van der Waals surface area (Å²) in [4.78, 5) is 18.1. The molecule has 1 heterocycles. The van der Waals surface area contributed by atoms with Crippen LogP contribution in [0.4, 0.5) is 0 Å². The van der Waals surface area contributed by atoms with E-state index >= 15 is 0 Å². The van der Waals surface area contributed by atoms with E-state index in [1.54, 1.807) is 23.1 Å². The third kappa shape index (κ3) is 3.65. The molecule has 0 radical (unpaired) electrons. The van der Waals surface area contributed by atoms with Crippen molar-refractivity contribution in [2.75, 3.05) is 27.0 Å². The van der Waals surface area contributed by atoms with E-state index in [0.717, 1.165) is 6.42 Å². The Balaban J connectivity index is 2.18. The van der Waals surface area contributed by atoms with Crippen molar-refractivity contribution in [1.82, 2.24) is 4.90 Å². The average Bonchev–Trinajstić information content (AvgIpc) is 2.97. The summed E-state index contributed by atoms with van der Waals surface area (Å²) in [5.41, 5.74) is 0.446. The van der Waals surface area contributed by atoms with Crippen molar-refractivity contribution in [1.29, 1.82) is 0 Å². The van der Waals surface area contributed by atoms with Gasteiger partial charge in [0.15, 0.2) is 11.5 Å². The molecule has 0 spiro atoms. The van der Waals surface area contributed by atoms with Crippen LogP contribution in [0, 0.1) is 0 Å². The number of amidine groups is 1. The summed E-state index contributed by atoms with van der Waals surface area (Å²) in [5, 5.41) is 0. The first-order valence-corrected chi connectivity index (χ1v) is 7.02. The fraction of sp³-hybridized carbons (Fsp3) is 0.467. The Morgan fingerprint density at radius 3 is 2.81 bits per heavy atom. The zero-order valence-corrected chi connectivity index (χ0v) is 12.6. The maximum absolute atomic E-state index is 12.2. The molecule has 1 aromatic rings. The number of hydrogen-bond donors (Lipinski definition) is 0. The molecule has 6 nitrogen and oxygen atoms in total. The Morgan fingerprint density at radius 2 is 2.10 bits per heavy atom. The van der Waals surface area contributed by atoms with E-state index in [4.69, 9.17) is 14.2 Å². The summed E-state index contributed by atoms with van der Waals surface area (Å²) in [6.07, 6.45) is 0.856. The highest BCUT2D eigenvalue weighted by Gasteiger charge is 2.17. The molecule has 0 aliphatic carbocycles. The number of benzene rings is 1. The van der Waals surface area contributed by atoms with Gasteiger partial charge >= 0.3 is 0 Å². The summed E-state index contributed by atoms with van der Waals surface area (Å²) in [5.74, 6) is 0.847. The first-order valence-electron chi connectivity index (χ1n) is 7.02. The van der Waals surface area contributed by atoms with E-state index in [2.05, 4.69) is 4.99 Å². The van der Waals surface area contributed by atoms with E-state index in [1.807, 2.05) is 20.9 Å². The molecule has 0 atom stereocenters. The Morgan fingerprint density at radius 1 is 1.33 bits per heavy atom. The summed E-state index contributed by atoms with van der Waals surface area (Å²) in [7, 11) is 1.83. The lowest BCUT2D eigenvalue weighted by Crippen LogP contribution is -2.30. The first kappa shape index (κ1) is 15.2. The van der Waals surface area contributed by atoms with Gasteiger partial charge < -0.3 is 19.1 Å². The third-order valence-corrected chi connectivity index (χ3v) is 3.05. The Kier molecular flexibility index (Phi) is 5.03. The van der Waals surface area contributed by atoms with Crippen LogP contribution in [0.15, 0.2) is 23.2 Å². The Labute approximate surface area is 124 Å². The van der Waals surface area contributed by atoms with Crippen LogP contribution in [0.1, 0.15) is 30.6 Å². The van der Waals surface area contributed by atoms with Crippen molar-refractivity contribution < 1.29 is 19.0 Å².